The summed E-state index contributed by atoms with van der Waals surface area (Å²) >= 11 is 10.4. The number of aliphatic carboxylic acids is 1. The lowest BCUT2D eigenvalue weighted by molar-refractivity contribution is -0.133. The van der Waals surface area contributed by atoms with Crippen molar-refractivity contribution in [3.63, 3.8) is 0 Å². The first kappa shape index (κ1) is 18.3. The molecule has 3 nitrogen and oxygen atoms in total. The standard InChI is InChI=1S/C18H14ClNO2S3/c1-23-14-8-4-12(5-9-14)17-16(11-2-6-13(19)7-3-11)20-18(25-17)24-10-15(21)22/h2-9H,10H2,1H3,(H,21,22). The van der Waals surface area contributed by atoms with Crippen molar-refractivity contribution in [1.29, 1.82) is 0 Å². The van der Waals surface area contributed by atoms with E-state index in [1.807, 2.05) is 30.5 Å². The van der Waals surface area contributed by atoms with Crippen molar-refractivity contribution in [3.05, 3.63) is 53.6 Å². The average Bonchev–Trinajstić information content (AvgIpc) is 3.05. The minimum Gasteiger partial charge on any atom is -0.481 e. The third-order valence-electron chi connectivity index (χ3n) is 3.40. The van der Waals surface area contributed by atoms with E-state index in [2.05, 4.69) is 29.2 Å². The van der Waals surface area contributed by atoms with Crippen LogP contribution in [0.4, 0.5) is 0 Å². The van der Waals surface area contributed by atoms with E-state index in [0.29, 0.717) is 5.02 Å². The van der Waals surface area contributed by atoms with Gasteiger partial charge in [-0.05, 0) is 36.1 Å². The number of hydrogen-bond acceptors (Lipinski definition) is 5. The number of thioether (sulfide) groups is 2. The maximum Gasteiger partial charge on any atom is 0.313 e. The fourth-order valence-corrected chi connectivity index (χ4v) is 4.65. The molecule has 0 atom stereocenters. The van der Waals surface area contributed by atoms with E-state index in [1.165, 1.54) is 28.0 Å². The number of thiazole rings is 1. The van der Waals surface area contributed by atoms with Crippen molar-refractivity contribution >= 4 is 52.4 Å². The lowest BCUT2D eigenvalue weighted by Crippen LogP contribution is -1.96. The summed E-state index contributed by atoms with van der Waals surface area (Å²) in [6, 6.07) is 15.8. The second-order valence-electron chi connectivity index (χ2n) is 5.08. The molecule has 0 saturated carbocycles. The quantitative estimate of drug-likeness (QED) is 0.505. The van der Waals surface area contributed by atoms with Crippen LogP contribution >= 0.6 is 46.5 Å². The van der Waals surface area contributed by atoms with Crippen LogP contribution in [-0.2, 0) is 4.79 Å². The Balaban J connectivity index is 2.03. The van der Waals surface area contributed by atoms with E-state index in [1.54, 1.807) is 11.8 Å². The van der Waals surface area contributed by atoms with Crippen molar-refractivity contribution in [1.82, 2.24) is 4.98 Å². The third-order valence-corrected chi connectivity index (χ3v) is 6.62. The molecule has 1 heterocycles. The summed E-state index contributed by atoms with van der Waals surface area (Å²) in [5.74, 6) is -0.850. The van der Waals surface area contributed by atoms with Crippen LogP contribution in [0.5, 0.6) is 0 Å². The van der Waals surface area contributed by atoms with Crippen LogP contribution in [0.1, 0.15) is 0 Å². The zero-order valence-electron chi connectivity index (χ0n) is 13.2. The van der Waals surface area contributed by atoms with E-state index < -0.39 is 5.97 Å². The highest BCUT2D eigenvalue weighted by Gasteiger charge is 2.16. The minimum absolute atomic E-state index is 0.00156. The summed E-state index contributed by atoms with van der Waals surface area (Å²) in [6.07, 6.45) is 2.04. The first-order valence-electron chi connectivity index (χ1n) is 7.32. The highest BCUT2D eigenvalue weighted by Crippen LogP contribution is 2.40. The van der Waals surface area contributed by atoms with Gasteiger partial charge in [-0.25, -0.2) is 4.98 Å². The molecule has 7 heteroatoms. The lowest BCUT2D eigenvalue weighted by Gasteiger charge is -2.04. The third kappa shape index (κ3) is 4.58. The van der Waals surface area contributed by atoms with Gasteiger partial charge in [-0.1, -0.05) is 47.6 Å². The highest BCUT2D eigenvalue weighted by atomic mass is 35.5. The molecule has 0 aliphatic carbocycles. The van der Waals surface area contributed by atoms with Gasteiger partial charge in [0.1, 0.15) is 0 Å². The fourth-order valence-electron chi connectivity index (χ4n) is 2.23. The molecule has 0 amide bonds. The number of aromatic nitrogens is 1. The number of nitrogens with zero attached hydrogens (tertiary/aromatic N) is 1. The SMILES string of the molecule is CSc1ccc(-c2sc(SCC(=O)O)nc2-c2ccc(Cl)cc2)cc1. The number of halogens is 1. The molecule has 0 radical (unpaired) electrons. The summed E-state index contributed by atoms with van der Waals surface area (Å²) in [7, 11) is 0. The monoisotopic (exact) mass is 407 g/mol. The summed E-state index contributed by atoms with van der Waals surface area (Å²) in [5, 5.41) is 9.58. The van der Waals surface area contributed by atoms with Crippen molar-refractivity contribution in [2.45, 2.75) is 9.24 Å². The Morgan fingerprint density at radius 1 is 1.12 bits per heavy atom. The molecule has 128 valence electrons. The highest BCUT2D eigenvalue weighted by molar-refractivity contribution is 8.01. The van der Waals surface area contributed by atoms with Crippen LogP contribution in [-0.4, -0.2) is 28.1 Å². The number of hydrogen-bond donors (Lipinski definition) is 1. The molecular weight excluding hydrogens is 394 g/mol. The maximum absolute atomic E-state index is 10.9. The van der Waals surface area contributed by atoms with Crippen LogP contribution in [0.3, 0.4) is 0 Å². The van der Waals surface area contributed by atoms with E-state index >= 15 is 0 Å². The molecule has 0 unspecified atom stereocenters. The predicted octanol–water partition coefficient (Wildman–Crippen LogP) is 6.03. The van der Waals surface area contributed by atoms with Crippen molar-refractivity contribution in [2.75, 3.05) is 12.0 Å². The largest absolute Gasteiger partial charge is 0.481 e. The molecule has 25 heavy (non-hydrogen) atoms. The Labute approximate surface area is 163 Å². The summed E-state index contributed by atoms with van der Waals surface area (Å²) in [6.45, 7) is 0. The normalized spacial score (nSPS) is 10.8. The topological polar surface area (TPSA) is 50.2 Å². The molecular formula is C18H14ClNO2S3. The van der Waals surface area contributed by atoms with E-state index in [-0.39, 0.29) is 5.75 Å². The molecule has 0 saturated heterocycles. The van der Waals surface area contributed by atoms with Crippen LogP contribution < -0.4 is 0 Å². The maximum atomic E-state index is 10.9. The van der Waals surface area contributed by atoms with Gasteiger partial charge in [-0.3, -0.25) is 4.79 Å². The molecule has 0 aliphatic heterocycles. The second-order valence-corrected chi connectivity index (χ2v) is 8.61. The van der Waals surface area contributed by atoms with Gasteiger partial charge in [-0.2, -0.15) is 0 Å². The number of benzene rings is 2. The van der Waals surface area contributed by atoms with Crippen molar-refractivity contribution in [2.24, 2.45) is 0 Å². The fraction of sp³-hybridized carbons (Fsp3) is 0.111. The van der Waals surface area contributed by atoms with Gasteiger partial charge in [0.05, 0.1) is 16.3 Å². The first-order valence-corrected chi connectivity index (χ1v) is 10.7. The van der Waals surface area contributed by atoms with Gasteiger partial charge in [0.25, 0.3) is 0 Å². The van der Waals surface area contributed by atoms with Crippen LogP contribution in [0, 0.1) is 0 Å². The lowest BCUT2D eigenvalue weighted by atomic mass is 10.1. The molecule has 1 N–H and O–H groups in total. The summed E-state index contributed by atoms with van der Waals surface area (Å²) in [4.78, 5) is 17.7. The van der Waals surface area contributed by atoms with E-state index in [4.69, 9.17) is 16.7 Å². The Morgan fingerprint density at radius 3 is 2.36 bits per heavy atom. The Morgan fingerprint density at radius 2 is 1.76 bits per heavy atom. The molecule has 0 fully saturated rings. The summed E-state index contributed by atoms with van der Waals surface area (Å²) < 4.78 is 0.747. The van der Waals surface area contributed by atoms with Crippen LogP contribution in [0.2, 0.25) is 5.02 Å². The number of carboxylic acids is 1. The van der Waals surface area contributed by atoms with Gasteiger partial charge in [0.2, 0.25) is 0 Å². The van der Waals surface area contributed by atoms with Gasteiger partial charge < -0.3 is 5.11 Å². The van der Waals surface area contributed by atoms with Gasteiger partial charge in [0, 0.05) is 15.5 Å². The Hall–Kier alpha value is -1.47. The van der Waals surface area contributed by atoms with Gasteiger partial charge in [0.15, 0.2) is 4.34 Å². The van der Waals surface area contributed by atoms with Gasteiger partial charge >= 0.3 is 5.97 Å². The number of carboxylic acid groups (broad SMARTS) is 1. The molecule has 0 aliphatic rings. The minimum atomic E-state index is -0.848. The van der Waals surface area contributed by atoms with E-state index in [9.17, 15) is 4.79 Å². The predicted molar refractivity (Wildman–Crippen MR) is 108 cm³/mol. The zero-order chi connectivity index (χ0) is 17.8. The van der Waals surface area contributed by atoms with Crippen LogP contribution in [0.15, 0.2) is 57.8 Å². The molecule has 3 aromatic rings. The van der Waals surface area contributed by atoms with E-state index in [0.717, 1.165) is 26.0 Å². The molecule has 0 bridgehead atoms. The smallest absolute Gasteiger partial charge is 0.313 e. The zero-order valence-corrected chi connectivity index (χ0v) is 16.4. The molecule has 1 aromatic heterocycles. The van der Waals surface area contributed by atoms with Crippen LogP contribution in [0.25, 0.3) is 21.7 Å². The number of carbonyl (C=O) groups is 1. The summed E-state index contributed by atoms with van der Waals surface area (Å²) in [5.41, 5.74) is 2.89. The Kier molecular flexibility index (Phi) is 6.06. The molecule has 3 rings (SSSR count). The molecule has 0 spiro atoms. The molecule has 2 aromatic carbocycles. The Bertz CT molecular complexity index is 876. The second kappa shape index (κ2) is 8.27. The van der Waals surface area contributed by atoms with Crippen molar-refractivity contribution in [3.8, 4) is 21.7 Å². The number of rotatable bonds is 6. The van der Waals surface area contributed by atoms with Crippen molar-refractivity contribution < 1.29 is 9.90 Å². The van der Waals surface area contributed by atoms with Gasteiger partial charge in [-0.15, -0.1) is 23.1 Å². The average molecular weight is 408 g/mol. The first-order chi connectivity index (χ1) is 12.1.